The minimum absolute atomic E-state index is 0.325. The predicted octanol–water partition coefficient (Wildman–Crippen LogP) is 3.59. The van der Waals surface area contributed by atoms with Crippen LogP contribution in [0.2, 0.25) is 0 Å². The average Bonchev–Trinajstić information content (AvgIpc) is 2.98. The van der Waals surface area contributed by atoms with E-state index in [0.717, 1.165) is 31.8 Å². The van der Waals surface area contributed by atoms with Gasteiger partial charge < -0.3 is 9.64 Å². The normalized spacial score (nSPS) is 20.7. The molecule has 0 radical (unpaired) electrons. The molecule has 0 bridgehead atoms. The van der Waals surface area contributed by atoms with Crippen molar-refractivity contribution in [3.63, 3.8) is 0 Å². The van der Waals surface area contributed by atoms with Crippen LogP contribution in [-0.2, 0) is 16.3 Å². The number of rotatable bonds is 7. The average molecular weight is 388 g/mol. The smallest absolute Gasteiger partial charge is 0.175 e. The standard InChI is InChI=1S/C22H29NO3S/c1-17-5-4-6-19(13-17)11-12-23-14-18(2)20(15-23)16-26-21-7-9-22(10-8-21)27(3,24)25/h4-10,13,18,20H,11-12,14-16H2,1-3H3/t18-,20+/m1/s1. The number of hydrogen-bond donors (Lipinski definition) is 0. The summed E-state index contributed by atoms with van der Waals surface area (Å²) in [5, 5.41) is 0. The lowest BCUT2D eigenvalue weighted by Crippen LogP contribution is -2.24. The van der Waals surface area contributed by atoms with Gasteiger partial charge in [0.2, 0.25) is 0 Å². The molecule has 2 atom stereocenters. The molecule has 0 spiro atoms. The van der Waals surface area contributed by atoms with Gasteiger partial charge in [-0.1, -0.05) is 36.8 Å². The minimum Gasteiger partial charge on any atom is -0.493 e. The molecular weight excluding hydrogens is 358 g/mol. The van der Waals surface area contributed by atoms with Crippen molar-refractivity contribution in [2.75, 3.05) is 32.5 Å². The second-order valence-electron chi connectivity index (χ2n) is 7.79. The van der Waals surface area contributed by atoms with Crippen LogP contribution in [0, 0.1) is 18.8 Å². The van der Waals surface area contributed by atoms with Gasteiger partial charge in [-0.05, 0) is 49.1 Å². The molecule has 2 aromatic rings. The van der Waals surface area contributed by atoms with Crippen molar-refractivity contribution in [1.29, 1.82) is 0 Å². The first-order chi connectivity index (χ1) is 12.8. The molecule has 1 saturated heterocycles. The van der Waals surface area contributed by atoms with Crippen molar-refractivity contribution >= 4 is 9.84 Å². The van der Waals surface area contributed by atoms with Crippen LogP contribution in [0.15, 0.2) is 53.4 Å². The third-order valence-electron chi connectivity index (χ3n) is 5.36. The van der Waals surface area contributed by atoms with Crippen LogP contribution in [0.5, 0.6) is 5.75 Å². The Morgan fingerprint density at radius 2 is 1.85 bits per heavy atom. The van der Waals surface area contributed by atoms with E-state index in [2.05, 4.69) is 43.0 Å². The molecule has 146 valence electrons. The van der Waals surface area contributed by atoms with Crippen molar-refractivity contribution < 1.29 is 13.2 Å². The van der Waals surface area contributed by atoms with Gasteiger partial charge in [-0.3, -0.25) is 0 Å². The van der Waals surface area contributed by atoms with Crippen LogP contribution in [0.4, 0.5) is 0 Å². The van der Waals surface area contributed by atoms with Crippen LogP contribution in [0.25, 0.3) is 0 Å². The Bertz CT molecular complexity index is 861. The zero-order valence-electron chi connectivity index (χ0n) is 16.4. The fourth-order valence-corrected chi connectivity index (χ4v) is 4.31. The van der Waals surface area contributed by atoms with Crippen LogP contribution in [0.1, 0.15) is 18.1 Å². The maximum Gasteiger partial charge on any atom is 0.175 e. The fraction of sp³-hybridized carbons (Fsp3) is 0.455. The summed E-state index contributed by atoms with van der Waals surface area (Å²) < 4.78 is 29.0. The van der Waals surface area contributed by atoms with Gasteiger partial charge in [-0.15, -0.1) is 0 Å². The minimum atomic E-state index is -3.16. The number of aryl methyl sites for hydroxylation is 1. The molecule has 0 aliphatic carbocycles. The zero-order chi connectivity index (χ0) is 19.4. The van der Waals surface area contributed by atoms with E-state index in [9.17, 15) is 8.42 Å². The molecule has 0 unspecified atom stereocenters. The molecule has 1 aliphatic rings. The van der Waals surface area contributed by atoms with E-state index in [-0.39, 0.29) is 0 Å². The van der Waals surface area contributed by atoms with E-state index in [1.807, 2.05) is 0 Å². The maximum atomic E-state index is 11.5. The number of sulfone groups is 1. The van der Waals surface area contributed by atoms with Gasteiger partial charge in [0, 0.05) is 31.8 Å². The predicted molar refractivity (Wildman–Crippen MR) is 109 cm³/mol. The van der Waals surface area contributed by atoms with E-state index in [4.69, 9.17) is 4.74 Å². The lowest BCUT2D eigenvalue weighted by molar-refractivity contribution is 0.225. The number of likely N-dealkylation sites (tertiary alicyclic amines) is 1. The molecule has 4 nitrogen and oxygen atoms in total. The van der Waals surface area contributed by atoms with Gasteiger partial charge >= 0.3 is 0 Å². The monoisotopic (exact) mass is 387 g/mol. The Balaban J connectivity index is 1.48. The summed E-state index contributed by atoms with van der Waals surface area (Å²) in [6.45, 7) is 8.32. The third-order valence-corrected chi connectivity index (χ3v) is 6.49. The van der Waals surface area contributed by atoms with Gasteiger partial charge in [-0.2, -0.15) is 0 Å². The van der Waals surface area contributed by atoms with Crippen LogP contribution >= 0.6 is 0 Å². The van der Waals surface area contributed by atoms with E-state index < -0.39 is 9.84 Å². The highest BCUT2D eigenvalue weighted by Crippen LogP contribution is 2.25. The fourth-order valence-electron chi connectivity index (χ4n) is 3.68. The Kier molecular flexibility index (Phi) is 6.22. The molecule has 5 heteroatoms. The zero-order valence-corrected chi connectivity index (χ0v) is 17.2. The molecule has 0 N–H and O–H groups in total. The van der Waals surface area contributed by atoms with Crippen molar-refractivity contribution in [1.82, 2.24) is 4.90 Å². The van der Waals surface area contributed by atoms with Gasteiger partial charge in [0.15, 0.2) is 9.84 Å². The molecular formula is C22H29NO3S. The SMILES string of the molecule is Cc1cccc(CCN2C[C@@H](COc3ccc(S(C)(=O)=O)cc3)[C@H](C)C2)c1. The highest BCUT2D eigenvalue weighted by atomic mass is 32.2. The molecule has 0 amide bonds. The summed E-state index contributed by atoms with van der Waals surface area (Å²) in [4.78, 5) is 2.85. The second-order valence-corrected chi connectivity index (χ2v) is 9.81. The number of nitrogens with zero attached hydrogens (tertiary/aromatic N) is 1. The van der Waals surface area contributed by atoms with Crippen LogP contribution in [-0.4, -0.2) is 45.8 Å². The second kappa shape index (κ2) is 8.44. The topological polar surface area (TPSA) is 46.6 Å². The summed E-state index contributed by atoms with van der Waals surface area (Å²) in [7, 11) is -3.16. The molecule has 27 heavy (non-hydrogen) atoms. The van der Waals surface area contributed by atoms with Gasteiger partial charge in [-0.25, -0.2) is 8.42 Å². The largest absolute Gasteiger partial charge is 0.493 e. The number of hydrogen-bond acceptors (Lipinski definition) is 4. The molecule has 1 aliphatic heterocycles. The van der Waals surface area contributed by atoms with Crippen molar-refractivity contribution in [3.8, 4) is 5.75 Å². The molecule has 1 heterocycles. The molecule has 3 rings (SSSR count). The first kappa shape index (κ1) is 19.9. The first-order valence-electron chi connectivity index (χ1n) is 9.52. The van der Waals surface area contributed by atoms with Crippen molar-refractivity contribution in [2.24, 2.45) is 11.8 Å². The number of ether oxygens (including phenoxy) is 1. The van der Waals surface area contributed by atoms with Gasteiger partial charge in [0.25, 0.3) is 0 Å². The Hall–Kier alpha value is -1.85. The molecule has 0 saturated carbocycles. The van der Waals surface area contributed by atoms with Crippen LogP contribution < -0.4 is 4.74 Å². The summed E-state index contributed by atoms with van der Waals surface area (Å²) in [5.41, 5.74) is 2.71. The van der Waals surface area contributed by atoms with Crippen molar-refractivity contribution in [2.45, 2.75) is 25.2 Å². The Morgan fingerprint density at radius 1 is 1.11 bits per heavy atom. The Morgan fingerprint density at radius 3 is 2.52 bits per heavy atom. The highest BCUT2D eigenvalue weighted by Gasteiger charge is 2.29. The summed E-state index contributed by atoms with van der Waals surface area (Å²) in [6.07, 6.45) is 2.29. The lowest BCUT2D eigenvalue weighted by atomic mass is 9.99. The van der Waals surface area contributed by atoms with E-state index in [1.165, 1.54) is 17.4 Å². The highest BCUT2D eigenvalue weighted by molar-refractivity contribution is 7.90. The molecule has 2 aromatic carbocycles. The maximum absolute atomic E-state index is 11.5. The van der Waals surface area contributed by atoms with Gasteiger partial charge in [0.1, 0.15) is 5.75 Å². The molecule has 0 aromatic heterocycles. The number of benzene rings is 2. The first-order valence-corrected chi connectivity index (χ1v) is 11.4. The summed E-state index contributed by atoms with van der Waals surface area (Å²) in [6, 6.07) is 15.4. The van der Waals surface area contributed by atoms with Crippen molar-refractivity contribution in [3.05, 3.63) is 59.7 Å². The van der Waals surface area contributed by atoms with E-state index in [0.29, 0.717) is 23.3 Å². The molecule has 1 fully saturated rings. The lowest BCUT2D eigenvalue weighted by Gasteiger charge is -2.17. The Labute approximate surface area is 163 Å². The van der Waals surface area contributed by atoms with Gasteiger partial charge in [0.05, 0.1) is 11.5 Å². The van der Waals surface area contributed by atoms with E-state index >= 15 is 0 Å². The van der Waals surface area contributed by atoms with Crippen LogP contribution in [0.3, 0.4) is 0 Å². The summed E-state index contributed by atoms with van der Waals surface area (Å²) in [5.74, 6) is 1.82. The van der Waals surface area contributed by atoms with E-state index in [1.54, 1.807) is 24.3 Å². The quantitative estimate of drug-likeness (QED) is 0.728. The summed E-state index contributed by atoms with van der Waals surface area (Å²) >= 11 is 0. The third kappa shape index (κ3) is 5.56.